The highest BCUT2D eigenvalue weighted by molar-refractivity contribution is 5.88. The highest BCUT2D eigenvalue weighted by Crippen LogP contribution is 2.05. The summed E-state index contributed by atoms with van der Waals surface area (Å²) in [6, 6.07) is 0. The third-order valence-electron chi connectivity index (χ3n) is 2.04. The molecule has 1 aromatic rings. The monoisotopic (exact) mass is 208 g/mol. The average Bonchev–Trinajstić information content (AvgIpc) is 2.75. The summed E-state index contributed by atoms with van der Waals surface area (Å²) >= 11 is 0. The van der Waals surface area contributed by atoms with E-state index in [2.05, 4.69) is 11.9 Å². The van der Waals surface area contributed by atoms with Crippen LogP contribution < -0.4 is 0 Å². The Morgan fingerprint density at radius 2 is 2.40 bits per heavy atom. The van der Waals surface area contributed by atoms with E-state index < -0.39 is 0 Å². The minimum Gasteiger partial charge on any atom is -0.466 e. The fourth-order valence-electron chi connectivity index (χ4n) is 1.24. The Kier molecular flexibility index (Phi) is 4.60. The molecule has 0 aliphatic heterocycles. The van der Waals surface area contributed by atoms with Gasteiger partial charge in [0.1, 0.15) is 0 Å². The van der Waals surface area contributed by atoms with Crippen molar-refractivity contribution in [3.8, 4) is 0 Å². The number of allylic oxidation sites excluding steroid dienone is 1. The van der Waals surface area contributed by atoms with Gasteiger partial charge in [-0.3, -0.25) is 0 Å². The molecule has 1 heterocycles. The molecular formula is C11H16N2O2. The van der Waals surface area contributed by atoms with Crippen LogP contribution in [0.2, 0.25) is 0 Å². The Labute approximate surface area is 89.6 Å². The second-order valence-electron chi connectivity index (χ2n) is 3.24. The summed E-state index contributed by atoms with van der Waals surface area (Å²) in [7, 11) is 1.40. The Bertz CT molecular complexity index is 328. The number of aromatic nitrogens is 2. The molecule has 0 saturated heterocycles. The molecule has 82 valence electrons. The highest BCUT2D eigenvalue weighted by atomic mass is 16.5. The number of methoxy groups -OCH3 is 1. The van der Waals surface area contributed by atoms with Crippen LogP contribution in [0.3, 0.4) is 0 Å². The maximum Gasteiger partial charge on any atom is 0.335 e. The third kappa shape index (κ3) is 3.58. The molecule has 0 N–H and O–H groups in total. The first-order valence-corrected chi connectivity index (χ1v) is 5.01. The first-order chi connectivity index (χ1) is 7.27. The van der Waals surface area contributed by atoms with E-state index in [4.69, 9.17) is 4.74 Å². The van der Waals surface area contributed by atoms with Crippen molar-refractivity contribution in [2.24, 2.45) is 0 Å². The van der Waals surface area contributed by atoms with E-state index in [0.29, 0.717) is 12.1 Å². The first kappa shape index (κ1) is 11.5. The van der Waals surface area contributed by atoms with Gasteiger partial charge >= 0.3 is 5.97 Å². The van der Waals surface area contributed by atoms with Crippen LogP contribution in [0, 0.1) is 0 Å². The summed E-state index contributed by atoms with van der Waals surface area (Å²) < 4.78 is 6.56. The van der Waals surface area contributed by atoms with Gasteiger partial charge in [-0.15, -0.1) is 0 Å². The van der Waals surface area contributed by atoms with Gasteiger partial charge in [-0.25, -0.2) is 9.78 Å². The van der Waals surface area contributed by atoms with Crippen LogP contribution in [-0.4, -0.2) is 22.6 Å². The number of carbonyl (C=O) groups excluding carboxylic acids is 1. The number of carbonyl (C=O) groups is 1. The zero-order chi connectivity index (χ0) is 11.1. The fourth-order valence-corrected chi connectivity index (χ4v) is 1.24. The normalized spacial score (nSPS) is 11.5. The topological polar surface area (TPSA) is 44.1 Å². The molecule has 0 unspecified atom stereocenters. The third-order valence-corrected chi connectivity index (χ3v) is 2.04. The molecule has 4 nitrogen and oxygen atoms in total. The molecule has 4 heteroatoms. The van der Waals surface area contributed by atoms with Gasteiger partial charge in [0.05, 0.1) is 25.6 Å². The molecule has 0 amide bonds. The SMILES string of the molecule is CCC/C=C(\Cn1ccnc1)C(=O)OC. The molecule has 0 saturated carbocycles. The summed E-state index contributed by atoms with van der Waals surface area (Å²) in [6.07, 6.45) is 9.02. The van der Waals surface area contributed by atoms with E-state index in [1.807, 2.05) is 16.8 Å². The van der Waals surface area contributed by atoms with Gasteiger partial charge in [0.15, 0.2) is 0 Å². The van der Waals surface area contributed by atoms with E-state index in [9.17, 15) is 4.79 Å². The van der Waals surface area contributed by atoms with E-state index in [1.165, 1.54) is 7.11 Å². The van der Waals surface area contributed by atoms with Crippen LogP contribution in [0.25, 0.3) is 0 Å². The summed E-state index contributed by atoms with van der Waals surface area (Å²) in [4.78, 5) is 15.3. The summed E-state index contributed by atoms with van der Waals surface area (Å²) in [5, 5.41) is 0. The Morgan fingerprint density at radius 3 is 2.93 bits per heavy atom. The second kappa shape index (κ2) is 6.01. The van der Waals surface area contributed by atoms with Crippen LogP contribution in [0.4, 0.5) is 0 Å². The lowest BCUT2D eigenvalue weighted by molar-refractivity contribution is -0.136. The van der Waals surface area contributed by atoms with Crippen molar-refractivity contribution in [2.45, 2.75) is 26.3 Å². The zero-order valence-corrected chi connectivity index (χ0v) is 9.14. The molecule has 0 spiro atoms. The Balaban J connectivity index is 2.69. The predicted octanol–water partition coefficient (Wildman–Crippen LogP) is 1.78. The maximum atomic E-state index is 11.4. The molecule has 0 aliphatic carbocycles. The average molecular weight is 208 g/mol. The van der Waals surface area contributed by atoms with E-state index in [-0.39, 0.29) is 5.97 Å². The van der Waals surface area contributed by atoms with Gasteiger partial charge in [0.25, 0.3) is 0 Å². The van der Waals surface area contributed by atoms with Crippen molar-refractivity contribution in [3.63, 3.8) is 0 Å². The smallest absolute Gasteiger partial charge is 0.335 e. The minimum absolute atomic E-state index is 0.267. The number of unbranched alkanes of at least 4 members (excludes halogenated alkanes) is 1. The van der Waals surface area contributed by atoms with Crippen molar-refractivity contribution in [1.82, 2.24) is 9.55 Å². The molecular weight excluding hydrogens is 192 g/mol. The van der Waals surface area contributed by atoms with Gasteiger partial charge in [-0.2, -0.15) is 0 Å². The number of imidazole rings is 1. The standard InChI is InChI=1S/C11H16N2O2/c1-3-4-5-10(11(14)15-2)8-13-7-6-12-9-13/h5-7,9H,3-4,8H2,1-2H3/b10-5+. The fraction of sp³-hybridized carbons (Fsp3) is 0.455. The van der Waals surface area contributed by atoms with Gasteiger partial charge in [0, 0.05) is 12.4 Å². The van der Waals surface area contributed by atoms with Crippen LogP contribution in [0.1, 0.15) is 19.8 Å². The predicted molar refractivity (Wildman–Crippen MR) is 57.2 cm³/mol. The van der Waals surface area contributed by atoms with Crippen molar-refractivity contribution in [2.75, 3.05) is 7.11 Å². The summed E-state index contributed by atoms with van der Waals surface area (Å²) in [5.74, 6) is -0.267. The molecule has 0 atom stereocenters. The molecule has 0 bridgehead atoms. The van der Waals surface area contributed by atoms with Crippen LogP contribution >= 0.6 is 0 Å². The lowest BCUT2D eigenvalue weighted by atomic mass is 10.2. The van der Waals surface area contributed by atoms with Crippen molar-refractivity contribution >= 4 is 5.97 Å². The van der Waals surface area contributed by atoms with Gasteiger partial charge in [0.2, 0.25) is 0 Å². The van der Waals surface area contributed by atoms with E-state index in [1.54, 1.807) is 12.5 Å². The summed E-state index contributed by atoms with van der Waals surface area (Å²) in [6.45, 7) is 2.59. The quantitative estimate of drug-likeness (QED) is 0.547. The maximum absolute atomic E-state index is 11.4. The Morgan fingerprint density at radius 1 is 1.60 bits per heavy atom. The zero-order valence-electron chi connectivity index (χ0n) is 9.14. The minimum atomic E-state index is -0.267. The lowest BCUT2D eigenvalue weighted by Crippen LogP contribution is -2.10. The van der Waals surface area contributed by atoms with E-state index in [0.717, 1.165) is 12.8 Å². The molecule has 0 aromatic carbocycles. The summed E-state index contributed by atoms with van der Waals surface area (Å²) in [5.41, 5.74) is 0.678. The number of nitrogens with zero attached hydrogens (tertiary/aromatic N) is 2. The number of hydrogen-bond acceptors (Lipinski definition) is 3. The van der Waals surface area contributed by atoms with Gasteiger partial charge < -0.3 is 9.30 Å². The lowest BCUT2D eigenvalue weighted by Gasteiger charge is -2.05. The van der Waals surface area contributed by atoms with Gasteiger partial charge in [-0.1, -0.05) is 19.4 Å². The largest absolute Gasteiger partial charge is 0.466 e. The molecule has 1 aromatic heterocycles. The van der Waals surface area contributed by atoms with Crippen LogP contribution in [0.15, 0.2) is 30.4 Å². The molecule has 1 rings (SSSR count). The number of esters is 1. The number of rotatable bonds is 5. The molecule has 0 aliphatic rings. The van der Waals surface area contributed by atoms with Crippen LogP contribution in [0.5, 0.6) is 0 Å². The van der Waals surface area contributed by atoms with E-state index >= 15 is 0 Å². The molecule has 0 fully saturated rings. The second-order valence-corrected chi connectivity index (χ2v) is 3.24. The first-order valence-electron chi connectivity index (χ1n) is 5.01. The highest BCUT2D eigenvalue weighted by Gasteiger charge is 2.09. The van der Waals surface area contributed by atoms with Crippen LogP contribution in [-0.2, 0) is 16.1 Å². The number of ether oxygens (including phenoxy) is 1. The van der Waals surface area contributed by atoms with Crippen molar-refractivity contribution in [3.05, 3.63) is 30.4 Å². The Hall–Kier alpha value is -1.58. The van der Waals surface area contributed by atoms with Gasteiger partial charge in [-0.05, 0) is 6.42 Å². The van der Waals surface area contributed by atoms with Crippen molar-refractivity contribution in [1.29, 1.82) is 0 Å². The number of hydrogen-bond donors (Lipinski definition) is 0. The molecule has 0 radical (unpaired) electrons. The van der Waals surface area contributed by atoms with Crippen molar-refractivity contribution < 1.29 is 9.53 Å². The molecule has 15 heavy (non-hydrogen) atoms.